The molecule has 148 valence electrons. The summed E-state index contributed by atoms with van der Waals surface area (Å²) in [7, 11) is 1.20. The number of pyridine rings is 1. The molecule has 1 aliphatic heterocycles. The third kappa shape index (κ3) is 4.20. The number of hydrogen-bond donors (Lipinski definition) is 0. The summed E-state index contributed by atoms with van der Waals surface area (Å²) in [5.41, 5.74) is 0.198. The normalized spacial score (nSPS) is 14.8. The number of halogens is 2. The highest BCUT2D eigenvalue weighted by molar-refractivity contribution is 6.31. The van der Waals surface area contributed by atoms with Gasteiger partial charge in [-0.05, 0) is 12.1 Å². The molecule has 1 aliphatic rings. The van der Waals surface area contributed by atoms with Crippen LogP contribution in [-0.4, -0.2) is 54.1 Å². The Morgan fingerprint density at radius 1 is 1.36 bits per heavy atom. The van der Waals surface area contributed by atoms with Crippen LogP contribution in [0.15, 0.2) is 30.5 Å². The van der Waals surface area contributed by atoms with Crippen LogP contribution in [0.3, 0.4) is 0 Å². The van der Waals surface area contributed by atoms with E-state index in [-0.39, 0.29) is 22.9 Å². The number of ether oxygens (including phenoxy) is 1. The number of methoxy groups -OCH3 is 1. The third-order valence-corrected chi connectivity index (χ3v) is 4.93. The Balaban J connectivity index is 1.72. The monoisotopic (exact) mass is 408 g/mol. The highest BCUT2D eigenvalue weighted by Gasteiger charge is 2.27. The number of piperazine rings is 1. The first kappa shape index (κ1) is 20.0. The smallest absolute Gasteiger partial charge is 0.339 e. The van der Waals surface area contributed by atoms with Crippen molar-refractivity contribution in [1.82, 2.24) is 9.88 Å². The molecule has 3 rings (SSSR count). The zero-order valence-corrected chi connectivity index (χ0v) is 15.9. The van der Waals surface area contributed by atoms with E-state index in [1.165, 1.54) is 25.4 Å². The zero-order chi connectivity index (χ0) is 20.3. The molecule has 1 saturated heterocycles. The number of hydrogen-bond acceptors (Lipinski definition) is 7. The highest BCUT2D eigenvalue weighted by atomic mass is 35.5. The van der Waals surface area contributed by atoms with Gasteiger partial charge in [0.05, 0.1) is 17.6 Å². The van der Waals surface area contributed by atoms with Crippen LogP contribution >= 0.6 is 11.6 Å². The van der Waals surface area contributed by atoms with Crippen LogP contribution in [0.2, 0.25) is 5.02 Å². The summed E-state index contributed by atoms with van der Waals surface area (Å²) in [6.07, 6.45) is 1.26. The van der Waals surface area contributed by atoms with Crippen molar-refractivity contribution in [2.75, 3.05) is 38.2 Å². The molecule has 1 aromatic heterocycles. The lowest BCUT2D eigenvalue weighted by Crippen LogP contribution is -2.46. The van der Waals surface area contributed by atoms with Gasteiger partial charge in [0, 0.05) is 55.6 Å². The Kier molecular flexibility index (Phi) is 6.05. The Morgan fingerprint density at radius 2 is 2.07 bits per heavy atom. The second kappa shape index (κ2) is 8.49. The molecule has 0 radical (unpaired) electrons. The number of aromatic nitrogens is 1. The number of benzene rings is 1. The number of carbonyl (C=O) groups excluding carboxylic acids is 1. The van der Waals surface area contributed by atoms with Crippen molar-refractivity contribution in [3.05, 3.63) is 62.5 Å². The van der Waals surface area contributed by atoms with Crippen molar-refractivity contribution in [2.45, 2.75) is 6.54 Å². The average molecular weight is 409 g/mol. The third-order valence-electron chi connectivity index (χ3n) is 4.58. The van der Waals surface area contributed by atoms with Crippen molar-refractivity contribution in [3.8, 4) is 0 Å². The average Bonchev–Trinajstić information content (AvgIpc) is 2.70. The maximum Gasteiger partial charge on any atom is 0.339 e. The lowest BCUT2D eigenvalue weighted by Gasteiger charge is -2.35. The molecular formula is C18H18ClFN4O4. The van der Waals surface area contributed by atoms with Crippen LogP contribution in [0.25, 0.3) is 0 Å². The summed E-state index contributed by atoms with van der Waals surface area (Å²) in [4.78, 5) is 30.4. The van der Waals surface area contributed by atoms with Crippen molar-refractivity contribution in [2.24, 2.45) is 0 Å². The van der Waals surface area contributed by atoms with E-state index in [0.717, 1.165) is 0 Å². The van der Waals surface area contributed by atoms with E-state index in [2.05, 4.69) is 9.72 Å². The fourth-order valence-electron chi connectivity index (χ4n) is 3.08. The molecule has 8 nitrogen and oxygen atoms in total. The van der Waals surface area contributed by atoms with Crippen molar-refractivity contribution >= 4 is 29.1 Å². The maximum atomic E-state index is 14.0. The number of esters is 1. The van der Waals surface area contributed by atoms with E-state index < -0.39 is 10.9 Å². The second-order valence-electron chi connectivity index (χ2n) is 6.28. The van der Waals surface area contributed by atoms with E-state index >= 15 is 0 Å². The molecule has 28 heavy (non-hydrogen) atoms. The van der Waals surface area contributed by atoms with E-state index in [1.54, 1.807) is 17.0 Å². The number of rotatable bonds is 5. The first-order valence-corrected chi connectivity index (χ1v) is 8.91. The van der Waals surface area contributed by atoms with Crippen LogP contribution < -0.4 is 4.90 Å². The molecule has 1 aromatic carbocycles. The zero-order valence-electron chi connectivity index (χ0n) is 15.1. The highest BCUT2D eigenvalue weighted by Crippen LogP contribution is 2.28. The van der Waals surface area contributed by atoms with Gasteiger partial charge in [-0.3, -0.25) is 15.0 Å². The minimum Gasteiger partial charge on any atom is -0.465 e. The molecule has 0 aliphatic carbocycles. The van der Waals surface area contributed by atoms with Crippen LogP contribution in [-0.2, 0) is 11.3 Å². The Labute approximate surface area is 165 Å². The molecule has 0 unspecified atom stereocenters. The standard InChI is InChI=1S/C18H18ClFN4O4/c1-28-18(25)12-9-16(24(26)27)17(21-10-12)23-7-5-22(6-8-23)11-13-14(19)3-2-4-15(13)20/h2-4,9-10H,5-8,11H2,1H3. The van der Waals surface area contributed by atoms with Gasteiger partial charge in [0.25, 0.3) is 0 Å². The second-order valence-corrected chi connectivity index (χ2v) is 6.69. The Hall–Kier alpha value is -2.78. The molecule has 0 bridgehead atoms. The lowest BCUT2D eigenvalue weighted by atomic mass is 10.1. The molecule has 0 atom stereocenters. The fraction of sp³-hybridized carbons (Fsp3) is 0.333. The van der Waals surface area contributed by atoms with Gasteiger partial charge in [0.1, 0.15) is 5.82 Å². The minimum atomic E-state index is -0.686. The molecule has 2 heterocycles. The number of nitro groups is 1. The summed E-state index contributed by atoms with van der Waals surface area (Å²) in [6.45, 7) is 2.41. The number of nitrogens with zero attached hydrogens (tertiary/aromatic N) is 4. The molecule has 0 spiro atoms. The minimum absolute atomic E-state index is 0.0192. The van der Waals surface area contributed by atoms with Gasteiger partial charge in [-0.25, -0.2) is 14.2 Å². The number of carbonyl (C=O) groups is 1. The lowest BCUT2D eigenvalue weighted by molar-refractivity contribution is -0.384. The topological polar surface area (TPSA) is 88.8 Å². The van der Waals surface area contributed by atoms with Gasteiger partial charge in [0.15, 0.2) is 0 Å². The fourth-order valence-corrected chi connectivity index (χ4v) is 3.30. The van der Waals surface area contributed by atoms with Gasteiger partial charge >= 0.3 is 11.7 Å². The van der Waals surface area contributed by atoms with E-state index in [9.17, 15) is 19.3 Å². The van der Waals surface area contributed by atoms with E-state index in [1.807, 2.05) is 4.90 Å². The van der Waals surface area contributed by atoms with Crippen LogP contribution in [0.1, 0.15) is 15.9 Å². The summed E-state index contributed by atoms with van der Waals surface area (Å²) in [6, 6.07) is 5.74. The molecule has 2 aromatic rings. The first-order chi connectivity index (χ1) is 13.4. The molecule has 0 amide bonds. The summed E-state index contributed by atoms with van der Waals surface area (Å²) >= 11 is 6.08. The molecule has 1 fully saturated rings. The van der Waals surface area contributed by atoms with E-state index in [4.69, 9.17) is 11.6 Å². The first-order valence-electron chi connectivity index (χ1n) is 8.53. The Bertz CT molecular complexity index is 883. The summed E-state index contributed by atoms with van der Waals surface area (Å²) in [5.74, 6) is -0.847. The quantitative estimate of drug-likeness (QED) is 0.427. The van der Waals surface area contributed by atoms with Crippen molar-refractivity contribution < 1.29 is 18.8 Å². The van der Waals surface area contributed by atoms with Crippen LogP contribution in [0, 0.1) is 15.9 Å². The van der Waals surface area contributed by atoms with Gasteiger partial charge in [-0.2, -0.15) is 0 Å². The predicted molar refractivity (Wildman–Crippen MR) is 101 cm³/mol. The van der Waals surface area contributed by atoms with Gasteiger partial charge in [0.2, 0.25) is 5.82 Å². The SMILES string of the molecule is COC(=O)c1cnc(N2CCN(Cc3c(F)cccc3Cl)CC2)c([N+](=O)[O-])c1. The van der Waals surface area contributed by atoms with Gasteiger partial charge < -0.3 is 9.64 Å². The van der Waals surface area contributed by atoms with Crippen molar-refractivity contribution in [3.63, 3.8) is 0 Å². The molecule has 0 saturated carbocycles. The molecule has 0 N–H and O–H groups in total. The Morgan fingerprint density at radius 3 is 2.68 bits per heavy atom. The number of anilines is 1. The maximum absolute atomic E-state index is 14.0. The largest absolute Gasteiger partial charge is 0.465 e. The van der Waals surface area contributed by atoms with Crippen LogP contribution in [0.4, 0.5) is 15.9 Å². The predicted octanol–water partition coefficient (Wildman–Crippen LogP) is 2.89. The van der Waals surface area contributed by atoms with Gasteiger partial charge in [-0.1, -0.05) is 17.7 Å². The van der Waals surface area contributed by atoms with Crippen molar-refractivity contribution in [1.29, 1.82) is 0 Å². The molecule has 10 heteroatoms. The van der Waals surface area contributed by atoms with E-state index in [0.29, 0.717) is 43.3 Å². The van der Waals surface area contributed by atoms with Gasteiger partial charge in [-0.15, -0.1) is 0 Å². The van der Waals surface area contributed by atoms with Crippen LogP contribution in [0.5, 0.6) is 0 Å². The molecular weight excluding hydrogens is 391 g/mol. The summed E-state index contributed by atoms with van der Waals surface area (Å²) in [5, 5.41) is 11.8. The summed E-state index contributed by atoms with van der Waals surface area (Å²) < 4.78 is 18.6.